The van der Waals surface area contributed by atoms with E-state index in [4.69, 9.17) is 11.5 Å². The van der Waals surface area contributed by atoms with Gasteiger partial charge in [-0.05, 0) is 44.1 Å². The molecule has 0 aromatic rings. The van der Waals surface area contributed by atoms with Crippen LogP contribution in [0.25, 0.3) is 0 Å². The first-order valence-electron chi connectivity index (χ1n) is 11.2. The van der Waals surface area contributed by atoms with Gasteiger partial charge in [0.25, 0.3) is 0 Å². The summed E-state index contributed by atoms with van der Waals surface area (Å²) in [5.74, 6) is -2.78. The molecule has 0 saturated heterocycles. The lowest BCUT2D eigenvalue weighted by Gasteiger charge is -2.28. The van der Waals surface area contributed by atoms with E-state index in [9.17, 15) is 24.3 Å². The monoisotopic (exact) mass is 475 g/mol. The Hall–Kier alpha value is -1.85. The van der Waals surface area contributed by atoms with Crippen molar-refractivity contribution in [2.24, 2.45) is 23.3 Å². The third-order valence-electron chi connectivity index (χ3n) is 5.23. The molecule has 3 amide bonds. The molecule has 5 atom stereocenters. The first-order chi connectivity index (χ1) is 15.0. The minimum Gasteiger partial charge on any atom is -0.480 e. The van der Waals surface area contributed by atoms with Crippen LogP contribution >= 0.6 is 12.6 Å². The van der Waals surface area contributed by atoms with Crippen LogP contribution in [0.4, 0.5) is 0 Å². The molecule has 32 heavy (non-hydrogen) atoms. The number of carboxylic acid groups (broad SMARTS) is 1. The van der Waals surface area contributed by atoms with E-state index in [1.54, 1.807) is 0 Å². The van der Waals surface area contributed by atoms with Crippen LogP contribution in [-0.4, -0.2) is 65.3 Å². The molecule has 0 aliphatic heterocycles. The van der Waals surface area contributed by atoms with Gasteiger partial charge < -0.3 is 32.5 Å². The highest BCUT2D eigenvalue weighted by Crippen LogP contribution is 2.11. The number of carbonyl (C=O) groups excluding carboxylic acids is 3. The highest BCUT2D eigenvalue weighted by atomic mass is 32.1. The SMILES string of the molecule is CCC(C)C(NC(=O)C(N)CS)C(=O)NC(CCCCN)C(=O)NC(CC(C)C)C(=O)O. The molecule has 0 heterocycles. The maximum absolute atomic E-state index is 13.0. The predicted molar refractivity (Wildman–Crippen MR) is 127 cm³/mol. The third-order valence-corrected chi connectivity index (χ3v) is 5.62. The molecular weight excluding hydrogens is 434 g/mol. The fourth-order valence-electron chi connectivity index (χ4n) is 3.03. The summed E-state index contributed by atoms with van der Waals surface area (Å²) in [5.41, 5.74) is 11.2. The summed E-state index contributed by atoms with van der Waals surface area (Å²) in [4.78, 5) is 49.7. The second kappa shape index (κ2) is 15.9. The molecule has 0 aromatic heterocycles. The second-order valence-electron chi connectivity index (χ2n) is 8.54. The molecule has 0 spiro atoms. The minimum absolute atomic E-state index is 0.0581. The Labute approximate surface area is 196 Å². The lowest BCUT2D eigenvalue weighted by molar-refractivity contribution is -0.143. The molecule has 10 nitrogen and oxygen atoms in total. The molecule has 0 aliphatic rings. The van der Waals surface area contributed by atoms with Crippen LogP contribution in [-0.2, 0) is 19.2 Å². The van der Waals surface area contributed by atoms with E-state index in [0.717, 1.165) is 0 Å². The van der Waals surface area contributed by atoms with Crippen molar-refractivity contribution in [3.05, 3.63) is 0 Å². The van der Waals surface area contributed by atoms with E-state index in [2.05, 4.69) is 28.6 Å². The van der Waals surface area contributed by atoms with Gasteiger partial charge >= 0.3 is 5.97 Å². The molecule has 8 N–H and O–H groups in total. The first kappa shape index (κ1) is 30.1. The molecule has 11 heteroatoms. The molecule has 0 rings (SSSR count). The molecular formula is C21H41N5O5S. The zero-order valence-corrected chi connectivity index (χ0v) is 20.5. The van der Waals surface area contributed by atoms with Gasteiger partial charge in [0, 0.05) is 5.75 Å². The Balaban J connectivity index is 5.51. The molecule has 0 saturated carbocycles. The van der Waals surface area contributed by atoms with Crippen LogP contribution in [0, 0.1) is 11.8 Å². The summed E-state index contributed by atoms with van der Waals surface area (Å²) < 4.78 is 0. The largest absolute Gasteiger partial charge is 0.480 e. The maximum Gasteiger partial charge on any atom is 0.326 e. The standard InChI is InChI=1S/C21H41N5O5S/c1-5-13(4)17(26-18(27)14(23)11-32)20(29)24-15(8-6-7-9-22)19(28)25-16(21(30)31)10-12(2)3/h12-17,32H,5-11,22-23H2,1-4H3,(H,24,29)(H,25,28)(H,26,27)(H,30,31). The quantitative estimate of drug-likeness (QED) is 0.121. The molecule has 0 aromatic carbocycles. The number of carbonyl (C=O) groups is 4. The fourth-order valence-corrected chi connectivity index (χ4v) is 3.20. The second-order valence-corrected chi connectivity index (χ2v) is 8.90. The van der Waals surface area contributed by atoms with Gasteiger partial charge in [-0.2, -0.15) is 12.6 Å². The Bertz CT molecular complexity index is 619. The molecule has 0 radical (unpaired) electrons. The van der Waals surface area contributed by atoms with Crippen molar-refractivity contribution in [3.63, 3.8) is 0 Å². The van der Waals surface area contributed by atoms with E-state index in [0.29, 0.717) is 32.2 Å². The van der Waals surface area contributed by atoms with Gasteiger partial charge in [0.1, 0.15) is 18.1 Å². The van der Waals surface area contributed by atoms with E-state index in [-0.39, 0.29) is 24.0 Å². The topological polar surface area (TPSA) is 177 Å². The van der Waals surface area contributed by atoms with E-state index >= 15 is 0 Å². The lowest BCUT2D eigenvalue weighted by Crippen LogP contribution is -2.58. The van der Waals surface area contributed by atoms with Crippen LogP contribution in [0.5, 0.6) is 0 Å². The number of unbranched alkanes of at least 4 members (excludes halogenated alkanes) is 1. The Morgan fingerprint density at radius 3 is 2.00 bits per heavy atom. The van der Waals surface area contributed by atoms with Crippen LogP contribution < -0.4 is 27.4 Å². The van der Waals surface area contributed by atoms with Gasteiger partial charge in [-0.25, -0.2) is 4.79 Å². The summed E-state index contributed by atoms with van der Waals surface area (Å²) >= 11 is 4.01. The number of hydrogen-bond acceptors (Lipinski definition) is 7. The molecule has 0 bridgehead atoms. The molecule has 186 valence electrons. The summed E-state index contributed by atoms with van der Waals surface area (Å²) in [5, 5.41) is 17.3. The molecule has 5 unspecified atom stereocenters. The Kier molecular flexibility index (Phi) is 15.0. The van der Waals surface area contributed by atoms with Crippen molar-refractivity contribution in [1.82, 2.24) is 16.0 Å². The zero-order valence-electron chi connectivity index (χ0n) is 19.6. The average molecular weight is 476 g/mol. The highest BCUT2D eigenvalue weighted by Gasteiger charge is 2.32. The molecule has 0 fully saturated rings. The number of thiol groups is 1. The third kappa shape index (κ3) is 11.1. The first-order valence-corrected chi connectivity index (χ1v) is 11.8. The van der Waals surface area contributed by atoms with Crippen LogP contribution in [0.2, 0.25) is 0 Å². The number of amides is 3. The number of nitrogens with two attached hydrogens (primary N) is 2. The van der Waals surface area contributed by atoms with Crippen molar-refractivity contribution in [1.29, 1.82) is 0 Å². The van der Waals surface area contributed by atoms with Gasteiger partial charge in [-0.1, -0.05) is 34.1 Å². The zero-order chi connectivity index (χ0) is 24.8. The summed E-state index contributed by atoms with van der Waals surface area (Å²) in [7, 11) is 0. The number of hydrogen-bond donors (Lipinski definition) is 7. The summed E-state index contributed by atoms with van der Waals surface area (Å²) in [6, 6.07) is -3.78. The number of rotatable bonds is 16. The van der Waals surface area contributed by atoms with Gasteiger partial charge in [0.05, 0.1) is 6.04 Å². The van der Waals surface area contributed by atoms with Gasteiger partial charge in [0.15, 0.2) is 0 Å². The van der Waals surface area contributed by atoms with Gasteiger partial charge in [-0.3, -0.25) is 14.4 Å². The van der Waals surface area contributed by atoms with Crippen LogP contribution in [0.3, 0.4) is 0 Å². The number of nitrogens with one attached hydrogen (secondary N) is 3. The summed E-state index contributed by atoms with van der Waals surface area (Å²) in [6.07, 6.45) is 2.38. The van der Waals surface area contributed by atoms with Crippen molar-refractivity contribution in [3.8, 4) is 0 Å². The van der Waals surface area contributed by atoms with Crippen molar-refractivity contribution in [2.75, 3.05) is 12.3 Å². The van der Waals surface area contributed by atoms with Crippen molar-refractivity contribution >= 4 is 36.3 Å². The predicted octanol–water partition coefficient (Wildman–Crippen LogP) is 0.00370. The Morgan fingerprint density at radius 2 is 1.53 bits per heavy atom. The lowest BCUT2D eigenvalue weighted by atomic mass is 9.97. The highest BCUT2D eigenvalue weighted by molar-refractivity contribution is 7.80. The maximum atomic E-state index is 13.0. The molecule has 0 aliphatic carbocycles. The normalized spacial score (nSPS) is 15.9. The number of aliphatic carboxylic acids is 1. The van der Waals surface area contributed by atoms with E-state index < -0.39 is 47.9 Å². The fraction of sp³-hybridized carbons (Fsp3) is 0.810. The van der Waals surface area contributed by atoms with Crippen LogP contribution in [0.1, 0.15) is 59.8 Å². The Morgan fingerprint density at radius 1 is 0.938 bits per heavy atom. The average Bonchev–Trinajstić information content (AvgIpc) is 2.74. The van der Waals surface area contributed by atoms with Gasteiger partial charge in [-0.15, -0.1) is 0 Å². The minimum atomic E-state index is -1.13. The van der Waals surface area contributed by atoms with Gasteiger partial charge in [0.2, 0.25) is 17.7 Å². The summed E-state index contributed by atoms with van der Waals surface area (Å²) in [6.45, 7) is 7.84. The van der Waals surface area contributed by atoms with E-state index in [1.807, 2.05) is 27.7 Å². The smallest absolute Gasteiger partial charge is 0.326 e. The number of carboxylic acids is 1. The van der Waals surface area contributed by atoms with Crippen molar-refractivity contribution in [2.45, 2.75) is 84.0 Å². The van der Waals surface area contributed by atoms with Crippen molar-refractivity contribution < 1.29 is 24.3 Å². The van der Waals surface area contributed by atoms with Crippen LogP contribution in [0.15, 0.2) is 0 Å². The van der Waals surface area contributed by atoms with E-state index in [1.165, 1.54) is 0 Å².